The lowest BCUT2D eigenvalue weighted by atomic mass is 10.1. The zero-order valence-electron chi connectivity index (χ0n) is 21.2. The fourth-order valence-corrected chi connectivity index (χ4v) is 4.49. The minimum atomic E-state index is -4.42. The van der Waals surface area contributed by atoms with Crippen molar-refractivity contribution < 1.29 is 36.8 Å². The van der Waals surface area contributed by atoms with Crippen LogP contribution in [0.1, 0.15) is 63.5 Å². The normalized spacial score (nSPS) is 20.4. The molecule has 1 aliphatic rings. The SMILES string of the molecule is CC(C)(C)OC(=O)NS(=O)(=O)OCC1CC(Nc2ncncc2C(=O)c2ccn[nH]2)C(OC(C)(C)O)C1. The number of amides is 1. The predicted molar refractivity (Wildman–Crippen MR) is 130 cm³/mol. The molecule has 14 nitrogen and oxygen atoms in total. The van der Waals surface area contributed by atoms with Crippen LogP contribution in [0.4, 0.5) is 10.6 Å². The van der Waals surface area contributed by atoms with E-state index in [9.17, 15) is 23.1 Å². The molecule has 2 heterocycles. The van der Waals surface area contributed by atoms with Crippen LogP contribution in [0.15, 0.2) is 24.8 Å². The molecule has 1 aliphatic carbocycles. The number of nitrogens with one attached hydrogen (secondary N) is 3. The molecule has 2 aromatic rings. The van der Waals surface area contributed by atoms with Gasteiger partial charge in [-0.15, -0.1) is 0 Å². The fourth-order valence-electron chi connectivity index (χ4n) is 3.82. The predicted octanol–water partition coefficient (Wildman–Crippen LogP) is 1.52. The summed E-state index contributed by atoms with van der Waals surface area (Å²) >= 11 is 0. The van der Waals surface area contributed by atoms with Gasteiger partial charge in [0.15, 0.2) is 5.79 Å². The molecule has 0 saturated heterocycles. The minimum absolute atomic E-state index is 0.192. The number of nitrogens with zero attached hydrogens (tertiary/aromatic N) is 3. The van der Waals surface area contributed by atoms with E-state index in [0.717, 1.165) is 0 Å². The molecule has 0 radical (unpaired) electrons. The van der Waals surface area contributed by atoms with Crippen LogP contribution in [0.3, 0.4) is 0 Å². The van der Waals surface area contributed by atoms with E-state index in [0.29, 0.717) is 12.8 Å². The number of ether oxygens (including phenoxy) is 2. The number of aliphatic hydroxyl groups is 1. The van der Waals surface area contributed by atoms with E-state index in [4.69, 9.17) is 13.7 Å². The van der Waals surface area contributed by atoms with E-state index in [2.05, 4.69) is 25.5 Å². The smallest absolute Gasteiger partial charge is 0.423 e. The molecule has 1 amide bonds. The Morgan fingerprint density at radius 2 is 1.95 bits per heavy atom. The van der Waals surface area contributed by atoms with Crippen LogP contribution in [-0.4, -0.2) is 75.7 Å². The molecule has 0 spiro atoms. The molecular weight excluding hydrogens is 508 g/mol. The van der Waals surface area contributed by atoms with Gasteiger partial charge in [-0.05, 0) is 59.4 Å². The van der Waals surface area contributed by atoms with Gasteiger partial charge in [0.25, 0.3) is 0 Å². The summed E-state index contributed by atoms with van der Waals surface area (Å²) in [6.45, 7) is 7.48. The Bertz CT molecular complexity index is 1190. The maximum absolute atomic E-state index is 12.9. The molecule has 3 unspecified atom stereocenters. The Balaban J connectivity index is 1.70. The Kier molecular flexibility index (Phi) is 8.52. The number of hydrogen-bond donors (Lipinski definition) is 4. The van der Waals surface area contributed by atoms with Gasteiger partial charge >= 0.3 is 16.4 Å². The average Bonchev–Trinajstić information content (AvgIpc) is 3.40. The molecule has 3 atom stereocenters. The van der Waals surface area contributed by atoms with Gasteiger partial charge in [-0.25, -0.2) is 14.8 Å². The highest BCUT2D eigenvalue weighted by Gasteiger charge is 2.39. The lowest BCUT2D eigenvalue weighted by Gasteiger charge is -2.28. The number of aromatic amines is 1. The second-order valence-corrected chi connectivity index (χ2v) is 11.5. The van der Waals surface area contributed by atoms with Gasteiger partial charge in [0, 0.05) is 12.4 Å². The van der Waals surface area contributed by atoms with Crippen LogP contribution in [0.5, 0.6) is 0 Å². The molecule has 4 N–H and O–H groups in total. The zero-order chi connectivity index (χ0) is 27.4. The van der Waals surface area contributed by atoms with Crippen LogP contribution >= 0.6 is 0 Å². The van der Waals surface area contributed by atoms with Crippen molar-refractivity contribution in [3.8, 4) is 0 Å². The van der Waals surface area contributed by atoms with Crippen molar-refractivity contribution in [2.75, 3.05) is 11.9 Å². The lowest BCUT2D eigenvalue weighted by molar-refractivity contribution is -0.205. The maximum atomic E-state index is 12.9. The number of carbonyl (C=O) groups excluding carboxylic acids is 2. The molecule has 0 bridgehead atoms. The molecule has 37 heavy (non-hydrogen) atoms. The van der Waals surface area contributed by atoms with E-state index < -0.39 is 39.9 Å². The maximum Gasteiger partial charge on any atom is 0.423 e. The first-order valence-corrected chi connectivity index (χ1v) is 12.9. The lowest BCUT2D eigenvalue weighted by Crippen LogP contribution is -2.38. The molecular formula is C22H32N6O8S. The Morgan fingerprint density at radius 3 is 2.57 bits per heavy atom. The Morgan fingerprint density at radius 1 is 1.22 bits per heavy atom. The molecule has 0 aromatic carbocycles. The van der Waals surface area contributed by atoms with E-state index in [1.807, 2.05) is 0 Å². The molecule has 204 valence electrons. The van der Waals surface area contributed by atoms with Crippen LogP contribution in [0.2, 0.25) is 0 Å². The summed E-state index contributed by atoms with van der Waals surface area (Å²) < 4.78 is 41.9. The first kappa shape index (κ1) is 28.4. The summed E-state index contributed by atoms with van der Waals surface area (Å²) in [5.41, 5.74) is -0.440. The largest absolute Gasteiger partial charge is 0.443 e. The van der Waals surface area contributed by atoms with Gasteiger partial charge in [-0.1, -0.05) is 0 Å². The second kappa shape index (κ2) is 11.1. The van der Waals surface area contributed by atoms with Crippen molar-refractivity contribution in [1.82, 2.24) is 24.9 Å². The van der Waals surface area contributed by atoms with Crippen molar-refractivity contribution in [3.05, 3.63) is 36.0 Å². The van der Waals surface area contributed by atoms with Crippen LogP contribution in [0, 0.1) is 5.92 Å². The number of H-pyrrole nitrogens is 1. The monoisotopic (exact) mass is 540 g/mol. The Labute approximate surface area is 214 Å². The standard InChI is InChI=1S/C22H32N6O8S/c1-21(2,3)36-20(30)28-37(32,33)34-11-13-8-16(17(9-13)35-22(4,5)31)26-19-14(10-23-12-24-19)18(29)15-6-7-25-27-15/h6-7,10,12-13,16-17,31H,8-9,11H2,1-5H3,(H,25,27)(H,28,30)(H,23,24,26). The number of rotatable bonds is 10. The van der Waals surface area contributed by atoms with Gasteiger partial charge < -0.3 is 19.9 Å². The van der Waals surface area contributed by atoms with Crippen LogP contribution in [-0.2, 0) is 24.0 Å². The first-order chi connectivity index (χ1) is 17.1. The topological polar surface area (TPSA) is 195 Å². The summed E-state index contributed by atoms with van der Waals surface area (Å²) in [5.74, 6) is -1.96. The van der Waals surface area contributed by atoms with Crippen molar-refractivity contribution in [2.24, 2.45) is 5.92 Å². The van der Waals surface area contributed by atoms with Gasteiger partial charge in [-0.2, -0.15) is 18.2 Å². The second-order valence-electron chi connectivity index (χ2n) is 10.1. The van der Waals surface area contributed by atoms with Crippen LogP contribution < -0.4 is 10.0 Å². The molecule has 3 rings (SSSR count). The third-order valence-electron chi connectivity index (χ3n) is 5.13. The van der Waals surface area contributed by atoms with Gasteiger partial charge in [0.05, 0.1) is 24.3 Å². The third kappa shape index (κ3) is 8.73. The highest BCUT2D eigenvalue weighted by Crippen LogP contribution is 2.33. The number of carbonyl (C=O) groups is 2. The van der Waals surface area contributed by atoms with E-state index in [-0.39, 0.29) is 35.4 Å². The van der Waals surface area contributed by atoms with E-state index >= 15 is 0 Å². The minimum Gasteiger partial charge on any atom is -0.443 e. The average molecular weight is 541 g/mol. The van der Waals surface area contributed by atoms with Crippen LogP contribution in [0.25, 0.3) is 0 Å². The number of hydrogen-bond acceptors (Lipinski definition) is 12. The fraction of sp³-hybridized carbons (Fsp3) is 0.591. The third-order valence-corrected chi connectivity index (χ3v) is 5.99. The summed E-state index contributed by atoms with van der Waals surface area (Å²) in [6, 6.07) is 1.05. The summed E-state index contributed by atoms with van der Waals surface area (Å²) in [7, 11) is -4.42. The first-order valence-electron chi connectivity index (χ1n) is 11.5. The molecule has 2 aromatic heterocycles. The van der Waals surface area contributed by atoms with E-state index in [1.165, 1.54) is 38.6 Å². The number of aromatic nitrogens is 4. The number of anilines is 1. The highest BCUT2D eigenvalue weighted by molar-refractivity contribution is 7.85. The quantitative estimate of drug-likeness (QED) is 0.251. The van der Waals surface area contributed by atoms with Crippen molar-refractivity contribution in [3.63, 3.8) is 0 Å². The Hall–Kier alpha value is -3.14. The van der Waals surface area contributed by atoms with Gasteiger partial charge in [0.1, 0.15) is 23.4 Å². The van der Waals surface area contributed by atoms with Gasteiger partial charge in [-0.3, -0.25) is 14.1 Å². The number of ketones is 1. The molecule has 1 fully saturated rings. The summed E-state index contributed by atoms with van der Waals surface area (Å²) in [4.78, 5) is 32.8. The highest BCUT2D eigenvalue weighted by atomic mass is 32.2. The molecule has 15 heteroatoms. The summed E-state index contributed by atoms with van der Waals surface area (Å²) in [5, 5.41) is 19.8. The van der Waals surface area contributed by atoms with E-state index in [1.54, 1.807) is 25.5 Å². The van der Waals surface area contributed by atoms with Crippen molar-refractivity contribution in [2.45, 2.75) is 71.0 Å². The molecule has 1 saturated carbocycles. The molecule has 0 aliphatic heterocycles. The van der Waals surface area contributed by atoms with Gasteiger partial charge in [0.2, 0.25) is 5.78 Å². The van der Waals surface area contributed by atoms with Crippen molar-refractivity contribution in [1.29, 1.82) is 0 Å². The van der Waals surface area contributed by atoms with Crippen molar-refractivity contribution >= 4 is 28.0 Å². The zero-order valence-corrected chi connectivity index (χ0v) is 22.0. The summed E-state index contributed by atoms with van der Waals surface area (Å²) in [6.07, 6.45) is 3.03.